The van der Waals surface area contributed by atoms with Crippen LogP contribution < -0.4 is 9.80 Å². The molecular weight excluding hydrogens is 1080 g/mol. The van der Waals surface area contributed by atoms with Gasteiger partial charge in [-0.05, 0) is 128 Å². The van der Waals surface area contributed by atoms with Crippen molar-refractivity contribution in [3.63, 3.8) is 0 Å². The van der Waals surface area contributed by atoms with Crippen LogP contribution in [0.15, 0.2) is 258 Å². The van der Waals surface area contributed by atoms with Gasteiger partial charge in [-0.3, -0.25) is 0 Å². The predicted molar refractivity (Wildman–Crippen MR) is 356 cm³/mol. The fraction of sp³-hybridized carbons (Fsp3) is 0.0127. The Labute approximate surface area is 503 Å². The zero-order valence-electron chi connectivity index (χ0n) is 46.6. The summed E-state index contributed by atoms with van der Waals surface area (Å²) in [5, 5.41) is 10.1. The standard InChI is InChI=1S/C79H41N7O2/c1-80-48-31-35-50(36-32-48)84(70-27-13-21-58-56-19-11-24-66(82-3)75(56)87-77(58)70)52-39-42-68-60(43-52)61-44-53(85(51-37-33-49(81-2)34-38-51)71-28-14-22-59-57-20-12-25-67(83-4)76(57)88-78(59)71)45-65-74(61)86(68)69-26-10-9-23-62(69)79(65)63-40-29-46-15-5-7-17-54(46)72(63)73-55-18-8-6-16-47(55)30-41-64(73)79/h5-45H. The predicted octanol–water partition coefficient (Wildman–Crippen LogP) is 22.7. The molecule has 0 saturated heterocycles. The van der Waals surface area contributed by atoms with Crippen molar-refractivity contribution in [2.24, 2.45) is 0 Å². The van der Waals surface area contributed by atoms with Crippen molar-refractivity contribution in [1.29, 1.82) is 0 Å². The number of para-hydroxylation sites is 5. The Kier molecular flexibility index (Phi) is 10.1. The Morgan fingerprint density at radius 3 is 1.34 bits per heavy atom. The second-order valence-electron chi connectivity index (χ2n) is 22.6. The third-order valence-electron chi connectivity index (χ3n) is 18.4. The summed E-state index contributed by atoms with van der Waals surface area (Å²) in [5.74, 6) is 0. The summed E-state index contributed by atoms with van der Waals surface area (Å²) in [5.41, 5.74) is 18.3. The molecule has 16 aromatic rings. The first-order chi connectivity index (χ1) is 43.5. The fourth-order valence-corrected chi connectivity index (χ4v) is 14.8. The van der Waals surface area contributed by atoms with Gasteiger partial charge in [-0.25, -0.2) is 19.4 Å². The van der Waals surface area contributed by atoms with Gasteiger partial charge in [0, 0.05) is 55.1 Å². The van der Waals surface area contributed by atoms with Crippen LogP contribution in [0.2, 0.25) is 0 Å². The van der Waals surface area contributed by atoms with Crippen LogP contribution in [-0.2, 0) is 5.41 Å². The minimum atomic E-state index is -0.885. The zero-order chi connectivity index (χ0) is 58.5. The average molecular weight is 1120 g/mol. The second kappa shape index (κ2) is 18.2. The van der Waals surface area contributed by atoms with Crippen LogP contribution in [0.5, 0.6) is 0 Å². The van der Waals surface area contributed by atoms with Crippen LogP contribution in [0.1, 0.15) is 22.3 Å². The van der Waals surface area contributed by atoms with Crippen molar-refractivity contribution in [1.82, 2.24) is 4.57 Å². The summed E-state index contributed by atoms with van der Waals surface area (Å²) in [6.07, 6.45) is 0. The molecule has 404 valence electrons. The number of hydrogen-bond acceptors (Lipinski definition) is 4. The number of fused-ring (bicyclic) bond motifs is 22. The van der Waals surface area contributed by atoms with Crippen molar-refractivity contribution in [2.45, 2.75) is 5.41 Å². The molecule has 0 N–H and O–H groups in total. The van der Waals surface area contributed by atoms with E-state index in [0.717, 1.165) is 105 Å². The summed E-state index contributed by atoms with van der Waals surface area (Å²) in [6.45, 7) is 32.3. The molecule has 1 aliphatic carbocycles. The van der Waals surface area contributed by atoms with Crippen LogP contribution in [0.4, 0.5) is 56.9 Å². The maximum absolute atomic E-state index is 8.19. The summed E-state index contributed by atoms with van der Waals surface area (Å²) < 4.78 is 16.3. The molecule has 0 bridgehead atoms. The lowest BCUT2D eigenvalue weighted by Crippen LogP contribution is -2.33. The molecular formula is C79H41N7O2. The van der Waals surface area contributed by atoms with Gasteiger partial charge in [0.15, 0.2) is 22.5 Å². The summed E-state index contributed by atoms with van der Waals surface area (Å²) >= 11 is 0. The van der Waals surface area contributed by atoms with Gasteiger partial charge in [-0.2, -0.15) is 0 Å². The van der Waals surface area contributed by atoms with E-state index in [-0.39, 0.29) is 0 Å². The van der Waals surface area contributed by atoms with Gasteiger partial charge in [0.25, 0.3) is 0 Å². The lowest BCUT2D eigenvalue weighted by atomic mass is 9.65. The first kappa shape index (κ1) is 48.8. The van der Waals surface area contributed by atoms with E-state index in [1.165, 1.54) is 33.0 Å². The van der Waals surface area contributed by atoms with Crippen LogP contribution in [0.3, 0.4) is 0 Å². The maximum Gasteiger partial charge on any atom is 0.229 e. The highest BCUT2D eigenvalue weighted by molar-refractivity contribution is 6.20. The number of hydrogen-bond donors (Lipinski definition) is 0. The molecule has 2 aliphatic rings. The molecule has 4 heterocycles. The van der Waals surface area contributed by atoms with Gasteiger partial charge in [-0.15, -0.1) is 0 Å². The molecule has 0 radical (unpaired) electrons. The van der Waals surface area contributed by atoms with Crippen molar-refractivity contribution in [3.8, 4) is 16.8 Å². The highest BCUT2D eigenvalue weighted by Gasteiger charge is 2.52. The minimum absolute atomic E-state index is 0.433. The molecule has 1 spiro atoms. The van der Waals surface area contributed by atoms with E-state index >= 15 is 0 Å². The SMILES string of the molecule is [C-]#[N+]c1ccc(N(c2ccc3c(c2)c2cc(N(c4ccc([N+]#[C-])cc4)c4cccc5c4oc4c([N+]#[C-])cccc45)cc4c2n3-c2ccccc2C42c3ccc4ccccc4c3-c3c2ccc2ccccc32)c2cccc3c2oc2c([N+]#[C-])cccc23)cc1. The van der Waals surface area contributed by atoms with Gasteiger partial charge >= 0.3 is 0 Å². The van der Waals surface area contributed by atoms with Crippen molar-refractivity contribution in [2.75, 3.05) is 9.80 Å². The van der Waals surface area contributed by atoms with Crippen molar-refractivity contribution in [3.05, 3.63) is 317 Å². The van der Waals surface area contributed by atoms with E-state index in [2.05, 4.69) is 185 Å². The molecule has 0 fully saturated rings. The second-order valence-corrected chi connectivity index (χ2v) is 22.6. The largest absolute Gasteiger partial charge is 0.465 e. The highest BCUT2D eigenvalue weighted by Crippen LogP contribution is 2.64. The van der Waals surface area contributed by atoms with E-state index in [1.807, 2.05) is 84.9 Å². The van der Waals surface area contributed by atoms with Gasteiger partial charge < -0.3 is 23.2 Å². The Morgan fingerprint density at radius 2 is 0.795 bits per heavy atom. The highest BCUT2D eigenvalue weighted by atomic mass is 16.3. The molecule has 0 unspecified atom stereocenters. The first-order valence-corrected chi connectivity index (χ1v) is 28.9. The third kappa shape index (κ3) is 6.48. The maximum atomic E-state index is 8.19. The van der Waals surface area contributed by atoms with Gasteiger partial charge in [0.2, 0.25) is 11.4 Å². The van der Waals surface area contributed by atoms with Gasteiger partial charge in [0.1, 0.15) is 11.2 Å². The Hall–Kier alpha value is -12.7. The molecule has 0 atom stereocenters. The van der Waals surface area contributed by atoms with E-state index in [1.54, 1.807) is 12.1 Å². The molecule has 13 aromatic carbocycles. The van der Waals surface area contributed by atoms with E-state index in [0.29, 0.717) is 45.1 Å². The first-order valence-electron chi connectivity index (χ1n) is 28.9. The van der Waals surface area contributed by atoms with Crippen molar-refractivity contribution >= 4 is 144 Å². The number of furan rings is 2. The van der Waals surface area contributed by atoms with Gasteiger partial charge in [-0.1, -0.05) is 176 Å². The molecule has 9 heteroatoms. The van der Waals surface area contributed by atoms with E-state index < -0.39 is 5.41 Å². The molecule has 9 nitrogen and oxygen atoms in total. The average Bonchev–Trinajstić information content (AvgIpc) is 1.46. The topological polar surface area (TPSA) is 55.1 Å². The summed E-state index contributed by atoms with van der Waals surface area (Å²) in [7, 11) is 0. The van der Waals surface area contributed by atoms with Crippen LogP contribution in [-0.4, -0.2) is 4.57 Å². The summed E-state index contributed by atoms with van der Waals surface area (Å²) in [4.78, 5) is 19.8. The molecule has 0 saturated carbocycles. The normalized spacial score (nSPS) is 12.6. The monoisotopic (exact) mass is 1120 g/mol. The lowest BCUT2D eigenvalue weighted by molar-refractivity contribution is 0.670. The van der Waals surface area contributed by atoms with Crippen LogP contribution in [0, 0.1) is 26.3 Å². The number of aromatic nitrogens is 1. The molecule has 88 heavy (non-hydrogen) atoms. The quantitative estimate of drug-likeness (QED) is 0.156. The number of rotatable bonds is 6. The number of benzene rings is 13. The minimum Gasteiger partial charge on any atom is -0.465 e. The Bertz CT molecular complexity index is 5870. The smallest absolute Gasteiger partial charge is 0.229 e. The zero-order valence-corrected chi connectivity index (χ0v) is 46.6. The molecule has 0 amide bonds. The molecule has 18 rings (SSSR count). The van der Waals surface area contributed by atoms with E-state index in [9.17, 15) is 0 Å². The fourth-order valence-electron chi connectivity index (χ4n) is 14.8. The van der Waals surface area contributed by atoms with E-state index in [4.69, 9.17) is 35.1 Å². The van der Waals surface area contributed by atoms with Crippen LogP contribution >= 0.6 is 0 Å². The Balaban J connectivity index is 1.01. The van der Waals surface area contributed by atoms with Crippen LogP contribution in [0.25, 0.3) is 123 Å². The molecule has 3 aromatic heterocycles. The lowest BCUT2D eigenvalue weighted by Gasteiger charge is -2.40. The number of nitrogens with zero attached hydrogens (tertiary/aromatic N) is 7. The Morgan fingerprint density at radius 1 is 0.330 bits per heavy atom. The summed E-state index contributed by atoms with van der Waals surface area (Å²) in [6, 6.07) is 86.4. The third-order valence-corrected chi connectivity index (χ3v) is 18.4. The molecule has 1 aliphatic heterocycles. The number of anilines is 6. The van der Waals surface area contributed by atoms with Crippen molar-refractivity contribution < 1.29 is 8.83 Å². The van der Waals surface area contributed by atoms with Gasteiger partial charge in [0.05, 0.1) is 59.8 Å².